The van der Waals surface area contributed by atoms with Gasteiger partial charge in [-0.05, 0) is 25.9 Å². The van der Waals surface area contributed by atoms with E-state index >= 15 is 0 Å². The normalized spacial score (nSPS) is 14.3. The molecule has 0 radical (unpaired) electrons. The molecule has 9 heavy (non-hydrogen) atoms. The summed E-state index contributed by atoms with van der Waals surface area (Å²) in [6.45, 7) is 4.09. The quantitative estimate of drug-likeness (QED) is 0.594. The summed E-state index contributed by atoms with van der Waals surface area (Å²) in [6, 6.07) is 0. The molecular weight excluding hydrogens is 131 g/mol. The van der Waals surface area contributed by atoms with E-state index in [0.717, 1.165) is 13.1 Å². The lowest BCUT2D eigenvalue weighted by atomic mass is 10.1. The third-order valence-corrected chi connectivity index (χ3v) is 1.64. The van der Waals surface area contributed by atoms with Gasteiger partial charge in [0.15, 0.2) is 0 Å². The lowest BCUT2D eigenvalue weighted by molar-refractivity contribution is 0.455. The zero-order valence-electron chi connectivity index (χ0n) is 6.30. The molecule has 0 rings (SSSR count). The summed E-state index contributed by atoms with van der Waals surface area (Å²) in [7, 11) is 4.69. The van der Waals surface area contributed by atoms with E-state index in [1.54, 1.807) is 0 Å². The molecule has 0 aromatic heterocycles. The molecule has 0 aromatic carbocycles. The van der Waals surface area contributed by atoms with Crippen LogP contribution in [-0.4, -0.2) is 24.8 Å². The van der Waals surface area contributed by atoms with Crippen LogP contribution in [-0.2, 0) is 0 Å². The van der Waals surface area contributed by atoms with Crippen LogP contribution in [0.3, 0.4) is 0 Å². The van der Waals surface area contributed by atoms with E-state index in [1.165, 1.54) is 6.42 Å². The summed E-state index contributed by atoms with van der Waals surface area (Å²) >= 11 is 0. The molecule has 0 bridgehead atoms. The van der Waals surface area contributed by atoms with Gasteiger partial charge in [0, 0.05) is 6.54 Å². The highest BCUT2D eigenvalue weighted by atomic mass is 31.0. The van der Waals surface area contributed by atoms with Gasteiger partial charge in [-0.15, -0.1) is 0 Å². The van der Waals surface area contributed by atoms with Gasteiger partial charge >= 0.3 is 0 Å². The van der Waals surface area contributed by atoms with Crippen LogP contribution in [0, 0.1) is 5.92 Å². The van der Waals surface area contributed by atoms with Crippen molar-refractivity contribution < 1.29 is 0 Å². The van der Waals surface area contributed by atoms with Crippen molar-refractivity contribution in [1.82, 2.24) is 4.67 Å². The van der Waals surface area contributed by atoms with Crippen LogP contribution < -0.4 is 5.73 Å². The largest absolute Gasteiger partial charge is 0.330 e. The fraction of sp³-hybridized carbons (Fsp3) is 1.00. The van der Waals surface area contributed by atoms with Crippen LogP contribution in [0.1, 0.15) is 13.3 Å². The van der Waals surface area contributed by atoms with E-state index in [0.29, 0.717) is 5.92 Å². The average molecular weight is 148 g/mol. The van der Waals surface area contributed by atoms with E-state index in [-0.39, 0.29) is 0 Å². The number of nitrogens with zero attached hydrogens (tertiary/aromatic N) is 1. The van der Waals surface area contributed by atoms with Crippen LogP contribution in [0.25, 0.3) is 0 Å². The Kier molecular flexibility index (Phi) is 5.36. The second kappa shape index (κ2) is 5.16. The number of nitrogens with two attached hydrogens (primary N) is 1. The standard InChI is InChI=1S/C6H17N2P/c1-6(5-7)3-4-8(2)9/h6H,3-5,7,9H2,1-2H3. The van der Waals surface area contributed by atoms with Crippen LogP contribution >= 0.6 is 9.39 Å². The van der Waals surface area contributed by atoms with E-state index in [2.05, 4.69) is 21.0 Å². The minimum absolute atomic E-state index is 0.660. The maximum Gasteiger partial charge on any atom is 0.00161 e. The Labute approximate surface area is 60.0 Å². The van der Waals surface area contributed by atoms with Gasteiger partial charge in [0.1, 0.15) is 0 Å². The van der Waals surface area contributed by atoms with Crippen molar-refractivity contribution in [2.75, 3.05) is 20.1 Å². The number of hydrogen-bond donors (Lipinski definition) is 1. The van der Waals surface area contributed by atoms with E-state index < -0.39 is 0 Å². The van der Waals surface area contributed by atoms with Crippen molar-refractivity contribution in [3.05, 3.63) is 0 Å². The van der Waals surface area contributed by atoms with Crippen LogP contribution in [0.2, 0.25) is 0 Å². The van der Waals surface area contributed by atoms with Gasteiger partial charge in [-0.1, -0.05) is 16.3 Å². The predicted molar refractivity (Wildman–Crippen MR) is 45.2 cm³/mol. The van der Waals surface area contributed by atoms with E-state index in [4.69, 9.17) is 5.73 Å². The Morgan fingerprint density at radius 3 is 2.56 bits per heavy atom. The van der Waals surface area contributed by atoms with Crippen molar-refractivity contribution >= 4 is 9.39 Å². The molecule has 2 nitrogen and oxygen atoms in total. The molecule has 0 amide bonds. The first-order valence-electron chi connectivity index (χ1n) is 3.32. The molecule has 0 aliphatic heterocycles. The van der Waals surface area contributed by atoms with Gasteiger partial charge in [0.2, 0.25) is 0 Å². The smallest absolute Gasteiger partial charge is 0.00161 e. The second-order valence-corrected chi connectivity index (χ2v) is 3.49. The SMILES string of the molecule is CC(CN)CCN(C)P. The van der Waals surface area contributed by atoms with Crippen molar-refractivity contribution in [3.8, 4) is 0 Å². The third kappa shape index (κ3) is 6.23. The summed E-state index contributed by atoms with van der Waals surface area (Å²) in [5.74, 6) is 0.660. The minimum Gasteiger partial charge on any atom is -0.330 e. The third-order valence-electron chi connectivity index (χ3n) is 1.38. The lowest BCUT2D eigenvalue weighted by Gasteiger charge is -2.12. The first-order valence-corrected chi connectivity index (χ1v) is 3.84. The van der Waals surface area contributed by atoms with Gasteiger partial charge in [-0.25, -0.2) is 0 Å². The van der Waals surface area contributed by atoms with Crippen molar-refractivity contribution in [2.24, 2.45) is 11.7 Å². The van der Waals surface area contributed by atoms with Crippen LogP contribution in [0.5, 0.6) is 0 Å². The molecule has 3 heteroatoms. The van der Waals surface area contributed by atoms with Crippen molar-refractivity contribution in [1.29, 1.82) is 0 Å². The van der Waals surface area contributed by atoms with Crippen LogP contribution in [0.4, 0.5) is 0 Å². The fourth-order valence-electron chi connectivity index (χ4n) is 0.542. The molecule has 0 aromatic rings. The van der Waals surface area contributed by atoms with Gasteiger partial charge in [0.25, 0.3) is 0 Å². The molecule has 0 saturated heterocycles. The molecular formula is C6H17N2P. The summed E-state index contributed by atoms with van der Waals surface area (Å²) < 4.78 is 2.10. The molecule has 0 aliphatic carbocycles. The molecule has 2 unspecified atom stereocenters. The highest BCUT2D eigenvalue weighted by Crippen LogP contribution is 2.02. The molecule has 0 heterocycles. The topological polar surface area (TPSA) is 29.3 Å². The first-order chi connectivity index (χ1) is 4.16. The summed E-state index contributed by atoms with van der Waals surface area (Å²) in [5, 5.41) is 0. The van der Waals surface area contributed by atoms with Gasteiger partial charge < -0.3 is 5.73 Å². The zero-order chi connectivity index (χ0) is 7.28. The van der Waals surface area contributed by atoms with E-state index in [9.17, 15) is 0 Å². The molecule has 2 N–H and O–H groups in total. The lowest BCUT2D eigenvalue weighted by Crippen LogP contribution is -2.16. The molecule has 0 saturated carbocycles. The molecule has 2 atom stereocenters. The Morgan fingerprint density at radius 1 is 1.67 bits per heavy atom. The second-order valence-electron chi connectivity index (χ2n) is 2.61. The number of rotatable bonds is 4. The van der Waals surface area contributed by atoms with Crippen molar-refractivity contribution in [2.45, 2.75) is 13.3 Å². The van der Waals surface area contributed by atoms with E-state index in [1.807, 2.05) is 7.05 Å². The highest BCUT2D eigenvalue weighted by Gasteiger charge is 1.98. The van der Waals surface area contributed by atoms with Gasteiger partial charge in [-0.2, -0.15) is 0 Å². The van der Waals surface area contributed by atoms with Crippen LogP contribution in [0.15, 0.2) is 0 Å². The Bertz CT molecular complexity index is 66.1. The maximum absolute atomic E-state index is 5.43. The predicted octanol–water partition coefficient (Wildman–Crippen LogP) is 0.693. The fourth-order valence-corrected chi connectivity index (χ4v) is 0.691. The van der Waals surface area contributed by atoms with Gasteiger partial charge in [-0.3, -0.25) is 4.67 Å². The molecule has 0 fully saturated rings. The monoisotopic (exact) mass is 148 g/mol. The zero-order valence-corrected chi connectivity index (χ0v) is 7.46. The summed E-state index contributed by atoms with van der Waals surface area (Å²) in [5.41, 5.74) is 5.43. The maximum atomic E-state index is 5.43. The average Bonchev–Trinajstić information content (AvgIpc) is 1.83. The molecule has 0 aliphatic rings. The van der Waals surface area contributed by atoms with Crippen molar-refractivity contribution in [3.63, 3.8) is 0 Å². The molecule has 56 valence electrons. The highest BCUT2D eigenvalue weighted by molar-refractivity contribution is 7.13. The van der Waals surface area contributed by atoms with Gasteiger partial charge in [0.05, 0.1) is 0 Å². The number of hydrogen-bond acceptors (Lipinski definition) is 2. The Hall–Kier alpha value is 0.350. The summed E-state index contributed by atoms with van der Waals surface area (Å²) in [6.07, 6.45) is 1.19. The Morgan fingerprint density at radius 2 is 2.22 bits per heavy atom. The first kappa shape index (κ1) is 9.35. The minimum atomic E-state index is 0.660. The summed E-state index contributed by atoms with van der Waals surface area (Å²) in [4.78, 5) is 0. The molecule has 0 spiro atoms. The Balaban J connectivity index is 3.06.